The predicted octanol–water partition coefficient (Wildman–Crippen LogP) is 2.92. The highest BCUT2D eigenvalue weighted by molar-refractivity contribution is 5.95. The van der Waals surface area contributed by atoms with Gasteiger partial charge in [-0.25, -0.2) is 4.79 Å². The van der Waals surface area contributed by atoms with Crippen LogP contribution in [0.25, 0.3) is 0 Å². The highest BCUT2D eigenvalue weighted by atomic mass is 16.6. The summed E-state index contributed by atoms with van der Waals surface area (Å²) in [4.78, 5) is 43.2. The molecule has 0 unspecified atom stereocenters. The number of esters is 1. The van der Waals surface area contributed by atoms with Crippen LogP contribution in [0.1, 0.15) is 27.6 Å². The zero-order valence-corrected chi connectivity index (χ0v) is 12.3. The minimum atomic E-state index is -0.989. The molecule has 2 aromatic carbocycles. The summed E-state index contributed by atoms with van der Waals surface area (Å²) in [6, 6.07) is 8.17. The van der Waals surface area contributed by atoms with E-state index >= 15 is 0 Å². The van der Waals surface area contributed by atoms with Gasteiger partial charge in [0.05, 0.1) is 21.5 Å². The standard InChI is InChI=1S/C15H10N2O7/c1-9(18)10-2-4-14(5-3-10)24-15(19)11-6-12(16(20)21)8-13(7-11)17(22)23/h2-8H,1H3. The Balaban J connectivity index is 2.30. The van der Waals surface area contributed by atoms with E-state index in [1.807, 2.05) is 0 Å². The van der Waals surface area contributed by atoms with Gasteiger partial charge in [0.25, 0.3) is 11.4 Å². The van der Waals surface area contributed by atoms with Crippen LogP contribution in [-0.2, 0) is 0 Å². The van der Waals surface area contributed by atoms with Gasteiger partial charge in [0, 0.05) is 17.7 Å². The van der Waals surface area contributed by atoms with Crippen LogP contribution in [0.2, 0.25) is 0 Å². The molecule has 0 aliphatic carbocycles. The maximum atomic E-state index is 12.0. The number of Topliss-reactive ketones (excluding diaryl/α,β-unsaturated/α-hetero) is 1. The summed E-state index contributed by atoms with van der Waals surface area (Å²) in [6.45, 7) is 1.38. The van der Waals surface area contributed by atoms with Gasteiger partial charge in [-0.3, -0.25) is 25.0 Å². The van der Waals surface area contributed by atoms with E-state index in [0.29, 0.717) is 5.56 Å². The fourth-order valence-corrected chi connectivity index (χ4v) is 1.85. The molecule has 24 heavy (non-hydrogen) atoms. The normalized spacial score (nSPS) is 10.0. The van der Waals surface area contributed by atoms with Gasteiger partial charge in [0.2, 0.25) is 0 Å². The molecule has 0 bridgehead atoms. The summed E-state index contributed by atoms with van der Waals surface area (Å²) in [6.07, 6.45) is 0. The van der Waals surface area contributed by atoms with Gasteiger partial charge in [-0.15, -0.1) is 0 Å². The van der Waals surface area contributed by atoms with Crippen molar-refractivity contribution in [3.63, 3.8) is 0 Å². The molecular formula is C15H10N2O7. The number of carbonyl (C=O) groups excluding carboxylic acids is 2. The monoisotopic (exact) mass is 330 g/mol. The second-order valence-corrected chi connectivity index (χ2v) is 4.72. The minimum absolute atomic E-state index is 0.0964. The van der Waals surface area contributed by atoms with E-state index in [1.165, 1.54) is 31.2 Å². The average Bonchev–Trinajstić information content (AvgIpc) is 2.54. The lowest BCUT2D eigenvalue weighted by Crippen LogP contribution is -2.09. The lowest BCUT2D eigenvalue weighted by Gasteiger charge is -2.05. The quantitative estimate of drug-likeness (QED) is 0.271. The van der Waals surface area contributed by atoms with Crippen LogP contribution in [0.3, 0.4) is 0 Å². The topological polar surface area (TPSA) is 130 Å². The SMILES string of the molecule is CC(=O)c1ccc(OC(=O)c2cc([N+](=O)[O-])cc([N+](=O)[O-])c2)cc1. The van der Waals surface area contributed by atoms with Gasteiger partial charge in [-0.2, -0.15) is 0 Å². The third-order valence-corrected chi connectivity index (χ3v) is 3.03. The molecule has 0 aliphatic rings. The number of ether oxygens (including phenoxy) is 1. The molecule has 0 heterocycles. The van der Waals surface area contributed by atoms with Gasteiger partial charge in [-0.1, -0.05) is 0 Å². The molecule has 0 aliphatic heterocycles. The van der Waals surface area contributed by atoms with Crippen LogP contribution in [0.4, 0.5) is 11.4 Å². The molecule has 0 saturated carbocycles. The van der Waals surface area contributed by atoms with Crippen molar-refractivity contribution in [1.82, 2.24) is 0 Å². The highest BCUT2D eigenvalue weighted by Crippen LogP contribution is 2.24. The van der Waals surface area contributed by atoms with Crippen LogP contribution in [0, 0.1) is 20.2 Å². The number of non-ortho nitro benzene ring substituents is 2. The molecule has 2 rings (SSSR count). The maximum absolute atomic E-state index is 12.0. The number of hydrogen-bond donors (Lipinski definition) is 0. The molecule has 0 N–H and O–H groups in total. The fraction of sp³-hybridized carbons (Fsp3) is 0.0667. The molecular weight excluding hydrogens is 320 g/mol. The van der Waals surface area contributed by atoms with E-state index in [0.717, 1.165) is 18.2 Å². The molecule has 0 amide bonds. The molecule has 0 fully saturated rings. The van der Waals surface area contributed by atoms with Crippen molar-refractivity contribution < 1.29 is 24.2 Å². The summed E-state index contributed by atoms with van der Waals surface area (Å²) in [5.74, 6) is -1.06. The molecule has 0 atom stereocenters. The fourth-order valence-electron chi connectivity index (χ4n) is 1.85. The first-order chi connectivity index (χ1) is 11.3. The Bertz CT molecular complexity index is 811. The van der Waals surface area contributed by atoms with Gasteiger partial charge in [-0.05, 0) is 31.2 Å². The molecule has 9 nitrogen and oxygen atoms in total. The summed E-state index contributed by atoms with van der Waals surface area (Å²) >= 11 is 0. The maximum Gasteiger partial charge on any atom is 0.344 e. The lowest BCUT2D eigenvalue weighted by atomic mass is 10.1. The van der Waals surface area contributed by atoms with Crippen molar-refractivity contribution in [1.29, 1.82) is 0 Å². The largest absolute Gasteiger partial charge is 0.423 e. The van der Waals surface area contributed by atoms with E-state index < -0.39 is 27.2 Å². The van der Waals surface area contributed by atoms with Crippen molar-refractivity contribution in [2.24, 2.45) is 0 Å². The van der Waals surface area contributed by atoms with E-state index in [-0.39, 0.29) is 17.1 Å². The number of rotatable bonds is 5. The van der Waals surface area contributed by atoms with Crippen LogP contribution in [0.15, 0.2) is 42.5 Å². The number of hydrogen-bond acceptors (Lipinski definition) is 7. The van der Waals surface area contributed by atoms with E-state index in [1.54, 1.807) is 0 Å². The number of nitrogens with zero attached hydrogens (tertiary/aromatic N) is 2. The van der Waals surface area contributed by atoms with Crippen molar-refractivity contribution in [3.05, 3.63) is 73.8 Å². The van der Waals surface area contributed by atoms with Gasteiger partial charge in [0.15, 0.2) is 5.78 Å². The summed E-state index contributed by atoms with van der Waals surface area (Å²) in [5.41, 5.74) is -1.10. The molecule has 0 spiro atoms. The molecule has 0 aromatic heterocycles. The Morgan fingerprint density at radius 3 is 1.79 bits per heavy atom. The first kappa shape index (κ1) is 16.7. The second-order valence-electron chi connectivity index (χ2n) is 4.72. The van der Waals surface area contributed by atoms with E-state index in [4.69, 9.17) is 4.74 Å². The average molecular weight is 330 g/mol. The van der Waals surface area contributed by atoms with Crippen LogP contribution >= 0.6 is 0 Å². The molecule has 2 aromatic rings. The van der Waals surface area contributed by atoms with Crippen molar-refractivity contribution in [3.8, 4) is 5.75 Å². The van der Waals surface area contributed by atoms with Crippen molar-refractivity contribution in [2.75, 3.05) is 0 Å². The van der Waals surface area contributed by atoms with E-state index in [2.05, 4.69) is 0 Å². The van der Waals surface area contributed by atoms with Crippen LogP contribution < -0.4 is 4.74 Å². The van der Waals surface area contributed by atoms with Crippen molar-refractivity contribution in [2.45, 2.75) is 6.92 Å². The Hall–Kier alpha value is -3.62. The number of nitro benzene ring substituents is 2. The summed E-state index contributed by atoms with van der Waals surface area (Å²) in [7, 11) is 0. The Labute approximate surface area is 134 Å². The minimum Gasteiger partial charge on any atom is -0.423 e. The van der Waals surface area contributed by atoms with Crippen LogP contribution in [0.5, 0.6) is 5.75 Å². The molecule has 0 saturated heterocycles. The summed E-state index contributed by atoms with van der Waals surface area (Å²) in [5, 5.41) is 21.6. The van der Waals surface area contributed by atoms with Gasteiger partial charge >= 0.3 is 5.97 Å². The third kappa shape index (κ3) is 3.77. The summed E-state index contributed by atoms with van der Waals surface area (Å²) < 4.78 is 5.01. The third-order valence-electron chi connectivity index (χ3n) is 3.03. The number of ketones is 1. The number of carbonyl (C=O) groups is 2. The molecule has 0 radical (unpaired) electrons. The Morgan fingerprint density at radius 2 is 1.38 bits per heavy atom. The second kappa shape index (κ2) is 6.65. The van der Waals surface area contributed by atoms with Gasteiger partial charge < -0.3 is 4.74 Å². The first-order valence-electron chi connectivity index (χ1n) is 6.55. The Morgan fingerprint density at radius 1 is 0.875 bits per heavy atom. The number of benzene rings is 2. The predicted molar refractivity (Wildman–Crippen MR) is 81.2 cm³/mol. The highest BCUT2D eigenvalue weighted by Gasteiger charge is 2.21. The lowest BCUT2D eigenvalue weighted by molar-refractivity contribution is -0.394. The molecule has 122 valence electrons. The van der Waals surface area contributed by atoms with Gasteiger partial charge in [0.1, 0.15) is 5.75 Å². The first-order valence-corrected chi connectivity index (χ1v) is 6.55. The smallest absolute Gasteiger partial charge is 0.344 e. The van der Waals surface area contributed by atoms with E-state index in [9.17, 15) is 29.8 Å². The van der Waals surface area contributed by atoms with Crippen molar-refractivity contribution >= 4 is 23.1 Å². The zero-order chi connectivity index (χ0) is 17.9. The molecule has 9 heteroatoms. The van der Waals surface area contributed by atoms with Crippen LogP contribution in [-0.4, -0.2) is 21.6 Å². The zero-order valence-electron chi connectivity index (χ0n) is 12.3. The Kier molecular flexibility index (Phi) is 4.64. The number of nitro groups is 2.